The van der Waals surface area contributed by atoms with Crippen molar-refractivity contribution in [2.45, 2.75) is 45.1 Å². The fraction of sp³-hybridized carbons (Fsp3) is 0.625. The van der Waals surface area contributed by atoms with Crippen LogP contribution in [0, 0.1) is 5.92 Å². The Bertz CT molecular complexity index is 527. The number of hydrogen-bond acceptors (Lipinski definition) is 4. The molecule has 1 aliphatic rings. The van der Waals surface area contributed by atoms with Crippen molar-refractivity contribution in [3.05, 3.63) is 22.2 Å². The molecule has 1 aliphatic carbocycles. The number of aromatic nitrogens is 1. The molecule has 1 unspecified atom stereocenters. The third kappa shape index (κ3) is 4.64. The minimum absolute atomic E-state index is 0.0337. The van der Waals surface area contributed by atoms with E-state index in [4.69, 9.17) is 0 Å². The van der Waals surface area contributed by atoms with Crippen molar-refractivity contribution in [3.63, 3.8) is 0 Å². The van der Waals surface area contributed by atoms with Crippen molar-refractivity contribution in [3.8, 4) is 0 Å². The maximum atomic E-state index is 12.0. The monoisotopic (exact) mass is 308 g/mol. The van der Waals surface area contributed by atoms with Crippen LogP contribution in [0.5, 0.6) is 0 Å². The Balaban J connectivity index is 1.90. The largest absolute Gasteiger partial charge is 0.391 e. The first-order valence-electron chi connectivity index (χ1n) is 7.35. The van der Waals surface area contributed by atoms with E-state index in [0.29, 0.717) is 12.5 Å². The van der Waals surface area contributed by atoms with Crippen molar-refractivity contribution < 1.29 is 9.90 Å². The highest BCUT2D eigenvalue weighted by Gasteiger charge is 2.30. The number of rotatable bonds is 5. The molecule has 0 aromatic carbocycles. The van der Waals surface area contributed by atoms with Crippen LogP contribution in [-0.2, 0) is 10.2 Å². The van der Waals surface area contributed by atoms with Crippen LogP contribution in [0.15, 0.2) is 12.3 Å². The second-order valence-corrected chi connectivity index (χ2v) is 7.84. The van der Waals surface area contributed by atoms with E-state index in [2.05, 4.69) is 25.8 Å². The lowest BCUT2D eigenvalue weighted by Gasteiger charge is -2.19. The topological polar surface area (TPSA) is 53.4 Å². The summed E-state index contributed by atoms with van der Waals surface area (Å²) < 4.78 is 0. The number of aliphatic hydroxyl groups is 1. The summed E-state index contributed by atoms with van der Waals surface area (Å²) in [4.78, 5) is 19.0. The third-order valence-corrected chi connectivity index (χ3v) is 4.95. The molecule has 0 aliphatic heterocycles. The van der Waals surface area contributed by atoms with Gasteiger partial charge in [-0.2, -0.15) is 0 Å². The van der Waals surface area contributed by atoms with Crippen molar-refractivity contribution in [2.75, 3.05) is 13.6 Å². The summed E-state index contributed by atoms with van der Waals surface area (Å²) >= 11 is 1.60. The van der Waals surface area contributed by atoms with Crippen LogP contribution in [0.25, 0.3) is 6.08 Å². The molecule has 1 N–H and O–H groups in total. The number of likely N-dealkylation sites (N-methyl/N-ethyl adjacent to an activating group) is 1. The predicted molar refractivity (Wildman–Crippen MR) is 86.2 cm³/mol. The first-order valence-corrected chi connectivity index (χ1v) is 8.16. The summed E-state index contributed by atoms with van der Waals surface area (Å²) in [5.41, 5.74) is 0.0337. The maximum absolute atomic E-state index is 12.0. The molecule has 1 aromatic rings. The number of carbonyl (C=O) groups excluding carboxylic acids is 1. The fourth-order valence-corrected chi connectivity index (χ4v) is 2.87. The number of nitrogens with zero attached hydrogens (tertiary/aromatic N) is 2. The smallest absolute Gasteiger partial charge is 0.246 e. The van der Waals surface area contributed by atoms with Gasteiger partial charge in [-0.3, -0.25) is 4.79 Å². The molecule has 1 heterocycles. The van der Waals surface area contributed by atoms with Crippen molar-refractivity contribution in [2.24, 2.45) is 5.92 Å². The van der Waals surface area contributed by atoms with E-state index in [1.165, 1.54) is 0 Å². The second kappa shape index (κ2) is 6.28. The maximum Gasteiger partial charge on any atom is 0.246 e. The molecule has 21 heavy (non-hydrogen) atoms. The highest BCUT2D eigenvalue weighted by Crippen LogP contribution is 2.32. The summed E-state index contributed by atoms with van der Waals surface area (Å²) in [7, 11) is 1.73. The van der Waals surface area contributed by atoms with Gasteiger partial charge in [0.25, 0.3) is 0 Å². The first kappa shape index (κ1) is 16.2. The Morgan fingerprint density at radius 1 is 1.57 bits per heavy atom. The van der Waals surface area contributed by atoms with Crippen molar-refractivity contribution in [1.82, 2.24) is 9.88 Å². The number of aliphatic hydroxyl groups excluding tert-OH is 1. The molecule has 1 atom stereocenters. The van der Waals surface area contributed by atoms with E-state index in [1.54, 1.807) is 41.6 Å². The average Bonchev–Trinajstić information content (AvgIpc) is 3.13. The molecule has 4 nitrogen and oxygen atoms in total. The van der Waals surface area contributed by atoms with Crippen LogP contribution >= 0.6 is 11.3 Å². The fourth-order valence-electron chi connectivity index (χ4n) is 1.99. The first-order chi connectivity index (χ1) is 9.77. The van der Waals surface area contributed by atoms with Crippen LogP contribution in [0.3, 0.4) is 0 Å². The lowest BCUT2D eigenvalue weighted by atomic mass is 9.98. The summed E-state index contributed by atoms with van der Waals surface area (Å²) in [6.07, 6.45) is 6.93. The molecule has 0 saturated heterocycles. The zero-order chi connectivity index (χ0) is 15.6. The molecule has 5 heteroatoms. The Hall–Kier alpha value is -1.20. The number of thiazole rings is 1. The normalized spacial score (nSPS) is 17.2. The Labute approximate surface area is 130 Å². The zero-order valence-electron chi connectivity index (χ0n) is 13.2. The molecular weight excluding hydrogens is 284 g/mol. The van der Waals surface area contributed by atoms with Crippen LogP contribution in [-0.4, -0.2) is 40.6 Å². The Morgan fingerprint density at radius 2 is 2.24 bits per heavy atom. The van der Waals surface area contributed by atoms with Crippen LogP contribution in [0.1, 0.15) is 43.5 Å². The molecule has 1 fully saturated rings. The molecular formula is C16H24N2O2S. The van der Waals surface area contributed by atoms with Gasteiger partial charge in [-0.05, 0) is 24.8 Å². The van der Waals surface area contributed by atoms with Crippen molar-refractivity contribution >= 4 is 23.3 Å². The quantitative estimate of drug-likeness (QED) is 0.851. The lowest BCUT2D eigenvalue weighted by molar-refractivity contribution is -0.126. The van der Waals surface area contributed by atoms with Gasteiger partial charge in [0, 0.05) is 36.2 Å². The average molecular weight is 308 g/mol. The Morgan fingerprint density at radius 3 is 2.76 bits per heavy atom. The molecule has 0 bridgehead atoms. The van der Waals surface area contributed by atoms with E-state index in [-0.39, 0.29) is 17.4 Å². The van der Waals surface area contributed by atoms with Crippen LogP contribution in [0.4, 0.5) is 0 Å². The standard InChI is InChI=1S/C16H24N2O2S/c1-16(2,3)15-17-9-12(21-15)7-8-14(20)18(4)10-13(19)11-5-6-11/h7-9,11,13,19H,5-6,10H2,1-4H3/b8-7+. The highest BCUT2D eigenvalue weighted by atomic mass is 32.1. The van der Waals surface area contributed by atoms with Gasteiger partial charge < -0.3 is 10.0 Å². The molecule has 0 radical (unpaired) electrons. The van der Waals surface area contributed by atoms with E-state index < -0.39 is 0 Å². The summed E-state index contributed by atoms with van der Waals surface area (Å²) in [5, 5.41) is 10.9. The number of hydrogen-bond donors (Lipinski definition) is 1. The molecule has 2 rings (SSSR count). The molecule has 1 saturated carbocycles. The van der Waals surface area contributed by atoms with E-state index >= 15 is 0 Å². The van der Waals surface area contributed by atoms with Gasteiger partial charge in [0.15, 0.2) is 0 Å². The zero-order valence-corrected chi connectivity index (χ0v) is 14.0. The minimum Gasteiger partial charge on any atom is -0.391 e. The Kier molecular flexibility index (Phi) is 4.84. The SMILES string of the molecule is CN(CC(O)C1CC1)C(=O)/C=C/c1cnc(C(C)(C)C)s1. The minimum atomic E-state index is -0.386. The van der Waals surface area contributed by atoms with Crippen molar-refractivity contribution in [1.29, 1.82) is 0 Å². The highest BCUT2D eigenvalue weighted by molar-refractivity contribution is 7.12. The predicted octanol–water partition coefficient (Wildman–Crippen LogP) is 2.68. The van der Waals surface area contributed by atoms with Gasteiger partial charge in [0.05, 0.1) is 11.1 Å². The molecule has 1 amide bonds. The number of carbonyl (C=O) groups is 1. The molecule has 1 aromatic heterocycles. The molecule has 116 valence electrons. The van der Waals surface area contributed by atoms with Gasteiger partial charge >= 0.3 is 0 Å². The summed E-state index contributed by atoms with van der Waals surface area (Å²) in [5.74, 6) is 0.306. The van der Waals surface area contributed by atoms with Gasteiger partial charge in [0.1, 0.15) is 0 Å². The van der Waals surface area contributed by atoms with Gasteiger partial charge in [0.2, 0.25) is 5.91 Å². The van der Waals surface area contributed by atoms with E-state index in [1.807, 2.05) is 0 Å². The third-order valence-electron chi connectivity index (χ3n) is 3.56. The van der Waals surface area contributed by atoms with Gasteiger partial charge in [-0.15, -0.1) is 11.3 Å². The molecule has 0 spiro atoms. The second-order valence-electron chi connectivity index (χ2n) is 6.77. The lowest BCUT2D eigenvalue weighted by Crippen LogP contribution is -2.34. The number of amides is 1. The summed E-state index contributed by atoms with van der Waals surface area (Å²) in [6.45, 7) is 6.77. The summed E-state index contributed by atoms with van der Waals surface area (Å²) in [6, 6.07) is 0. The van der Waals surface area contributed by atoms with E-state index in [0.717, 1.165) is 22.7 Å². The van der Waals surface area contributed by atoms with Gasteiger partial charge in [-0.1, -0.05) is 20.8 Å². The van der Waals surface area contributed by atoms with E-state index in [9.17, 15) is 9.90 Å². The van der Waals surface area contributed by atoms with Crippen LogP contribution < -0.4 is 0 Å². The van der Waals surface area contributed by atoms with Crippen LogP contribution in [0.2, 0.25) is 0 Å². The van der Waals surface area contributed by atoms with Gasteiger partial charge in [-0.25, -0.2) is 4.98 Å².